The van der Waals surface area contributed by atoms with E-state index in [1.165, 1.54) is 12.1 Å². The highest BCUT2D eigenvalue weighted by Gasteiger charge is 2.31. The molecule has 3 rings (SSSR count). The summed E-state index contributed by atoms with van der Waals surface area (Å²) >= 11 is 0. The van der Waals surface area contributed by atoms with Crippen LogP contribution in [-0.4, -0.2) is 5.91 Å². The average molecular weight is 325 g/mol. The lowest BCUT2D eigenvalue weighted by molar-refractivity contribution is -0.137. The van der Waals surface area contributed by atoms with Crippen molar-refractivity contribution < 1.29 is 26.7 Å². The number of fused-ring (bicyclic) bond motifs is 1. The fourth-order valence-corrected chi connectivity index (χ4v) is 2.29. The van der Waals surface area contributed by atoms with Crippen molar-refractivity contribution in [1.82, 2.24) is 0 Å². The van der Waals surface area contributed by atoms with Gasteiger partial charge in [-0.1, -0.05) is 12.1 Å². The Hall–Kier alpha value is -2.70. The Morgan fingerprint density at radius 2 is 1.61 bits per heavy atom. The topological polar surface area (TPSA) is 29.1 Å². The van der Waals surface area contributed by atoms with E-state index in [0.717, 1.165) is 30.3 Å². The molecule has 2 nitrogen and oxygen atoms in total. The molecule has 1 amide bonds. The number of hydrogen-bond acceptors (Lipinski definition) is 1. The fourth-order valence-electron chi connectivity index (χ4n) is 2.29. The molecule has 0 radical (unpaired) electrons. The van der Waals surface area contributed by atoms with Gasteiger partial charge in [0.25, 0.3) is 5.91 Å². The Morgan fingerprint density at radius 1 is 0.957 bits per heavy atom. The van der Waals surface area contributed by atoms with Gasteiger partial charge in [0.1, 0.15) is 0 Å². The number of carbonyl (C=O) groups excluding carboxylic acids is 1. The van der Waals surface area contributed by atoms with E-state index in [1.54, 1.807) is 0 Å². The van der Waals surface area contributed by atoms with Crippen LogP contribution < -0.4 is 5.32 Å². The molecule has 0 bridgehead atoms. The van der Waals surface area contributed by atoms with Gasteiger partial charge in [0.15, 0.2) is 11.6 Å². The zero-order chi connectivity index (χ0) is 16.8. The monoisotopic (exact) mass is 325 g/mol. The summed E-state index contributed by atoms with van der Waals surface area (Å²) in [4.78, 5) is 11.9. The predicted molar refractivity (Wildman–Crippen MR) is 74.3 cm³/mol. The molecule has 2 aromatic carbocycles. The Labute approximate surface area is 127 Å². The second-order valence-electron chi connectivity index (χ2n) is 4.92. The molecule has 0 saturated carbocycles. The standard InChI is InChI=1S/C16H8F5NO/c17-11-5-6-12-13(14(11)18)10(15(23)22-12)7-8-1-3-9(4-2-8)16(19,20)21/h1-7H,(H,22,23)/b10-7-. The third-order valence-electron chi connectivity index (χ3n) is 3.41. The molecule has 0 spiro atoms. The molecule has 0 fully saturated rings. The van der Waals surface area contributed by atoms with Crippen molar-refractivity contribution in [2.75, 3.05) is 5.32 Å². The fraction of sp³-hybridized carbons (Fsp3) is 0.0625. The minimum atomic E-state index is -4.47. The number of rotatable bonds is 1. The van der Waals surface area contributed by atoms with E-state index in [9.17, 15) is 26.7 Å². The Kier molecular flexibility index (Phi) is 3.43. The molecule has 0 saturated heterocycles. The molecule has 1 N–H and O–H groups in total. The molecule has 0 atom stereocenters. The summed E-state index contributed by atoms with van der Waals surface area (Å²) in [6.45, 7) is 0. The third-order valence-corrected chi connectivity index (χ3v) is 3.41. The van der Waals surface area contributed by atoms with Gasteiger partial charge in [-0.2, -0.15) is 13.2 Å². The molecule has 2 aromatic rings. The highest BCUT2D eigenvalue weighted by molar-refractivity contribution is 6.35. The second kappa shape index (κ2) is 5.19. The van der Waals surface area contributed by atoms with Gasteiger partial charge >= 0.3 is 6.18 Å². The summed E-state index contributed by atoms with van der Waals surface area (Å²) in [5.41, 5.74) is -0.827. The highest BCUT2D eigenvalue weighted by atomic mass is 19.4. The van der Waals surface area contributed by atoms with Crippen molar-refractivity contribution in [2.24, 2.45) is 0 Å². The summed E-state index contributed by atoms with van der Waals surface area (Å²) < 4.78 is 64.8. The number of carbonyl (C=O) groups is 1. The van der Waals surface area contributed by atoms with Crippen molar-refractivity contribution in [2.45, 2.75) is 6.18 Å². The summed E-state index contributed by atoms with van der Waals surface area (Å²) in [6, 6.07) is 6.11. The van der Waals surface area contributed by atoms with E-state index in [0.29, 0.717) is 0 Å². The smallest absolute Gasteiger partial charge is 0.321 e. The molecule has 1 aliphatic rings. The minimum Gasteiger partial charge on any atom is -0.321 e. The van der Waals surface area contributed by atoms with Crippen LogP contribution in [0.2, 0.25) is 0 Å². The number of benzene rings is 2. The first-order chi connectivity index (χ1) is 10.8. The van der Waals surface area contributed by atoms with Crippen LogP contribution in [0.5, 0.6) is 0 Å². The molecule has 0 aromatic heterocycles. The Bertz CT molecular complexity index is 822. The summed E-state index contributed by atoms with van der Waals surface area (Å²) in [7, 11) is 0. The van der Waals surface area contributed by atoms with Gasteiger partial charge in [0, 0.05) is 5.56 Å². The lowest BCUT2D eigenvalue weighted by atomic mass is 10.0. The van der Waals surface area contributed by atoms with Crippen molar-refractivity contribution in [1.29, 1.82) is 0 Å². The van der Waals surface area contributed by atoms with Crippen LogP contribution in [0.25, 0.3) is 11.6 Å². The van der Waals surface area contributed by atoms with Crippen LogP contribution in [0, 0.1) is 11.6 Å². The molecule has 1 aliphatic heterocycles. The largest absolute Gasteiger partial charge is 0.416 e. The molecule has 23 heavy (non-hydrogen) atoms. The highest BCUT2D eigenvalue weighted by Crippen LogP contribution is 2.36. The zero-order valence-corrected chi connectivity index (χ0v) is 11.3. The maximum atomic E-state index is 13.9. The van der Waals surface area contributed by atoms with Crippen molar-refractivity contribution >= 4 is 23.2 Å². The van der Waals surface area contributed by atoms with Gasteiger partial charge in [0.2, 0.25) is 0 Å². The summed E-state index contributed by atoms with van der Waals surface area (Å²) in [5.74, 6) is -2.94. The molecule has 7 heteroatoms. The van der Waals surface area contributed by atoms with Gasteiger partial charge in [-0.3, -0.25) is 4.79 Å². The first-order valence-electron chi connectivity index (χ1n) is 6.46. The first-order valence-corrected chi connectivity index (χ1v) is 6.46. The van der Waals surface area contributed by atoms with Crippen LogP contribution in [-0.2, 0) is 11.0 Å². The number of alkyl halides is 3. The molecule has 1 heterocycles. The summed E-state index contributed by atoms with van der Waals surface area (Å²) in [6.07, 6.45) is -3.26. The third kappa shape index (κ3) is 2.69. The Balaban J connectivity index is 2.05. The maximum absolute atomic E-state index is 13.9. The number of halogens is 5. The van der Waals surface area contributed by atoms with Gasteiger partial charge < -0.3 is 5.32 Å². The van der Waals surface area contributed by atoms with Crippen molar-refractivity contribution in [3.63, 3.8) is 0 Å². The van der Waals surface area contributed by atoms with E-state index in [-0.39, 0.29) is 22.4 Å². The van der Waals surface area contributed by atoms with Crippen LogP contribution in [0.3, 0.4) is 0 Å². The van der Waals surface area contributed by atoms with Crippen LogP contribution >= 0.6 is 0 Å². The quantitative estimate of drug-likeness (QED) is 0.608. The zero-order valence-electron chi connectivity index (χ0n) is 11.3. The van der Waals surface area contributed by atoms with Crippen LogP contribution in [0.1, 0.15) is 16.7 Å². The van der Waals surface area contributed by atoms with E-state index in [4.69, 9.17) is 0 Å². The van der Waals surface area contributed by atoms with Crippen LogP contribution in [0.4, 0.5) is 27.6 Å². The van der Waals surface area contributed by atoms with Gasteiger partial charge in [-0.15, -0.1) is 0 Å². The number of anilines is 1. The molecular weight excluding hydrogens is 317 g/mol. The molecular formula is C16H8F5NO. The SMILES string of the molecule is O=C1Nc2ccc(F)c(F)c2/C1=C/c1ccc(C(F)(F)F)cc1. The average Bonchev–Trinajstić information content (AvgIpc) is 2.80. The molecule has 0 unspecified atom stereocenters. The minimum absolute atomic E-state index is 0.118. The lowest BCUT2D eigenvalue weighted by Gasteiger charge is -2.06. The number of hydrogen-bond donors (Lipinski definition) is 1. The lowest BCUT2D eigenvalue weighted by Crippen LogP contribution is -2.05. The van der Waals surface area contributed by atoms with Crippen molar-refractivity contribution in [3.05, 3.63) is 64.7 Å². The maximum Gasteiger partial charge on any atom is 0.416 e. The Morgan fingerprint density at radius 3 is 2.22 bits per heavy atom. The van der Waals surface area contributed by atoms with E-state index >= 15 is 0 Å². The van der Waals surface area contributed by atoms with Crippen molar-refractivity contribution in [3.8, 4) is 0 Å². The number of nitrogens with one attached hydrogen (secondary N) is 1. The van der Waals surface area contributed by atoms with Gasteiger partial charge in [-0.25, -0.2) is 8.78 Å². The van der Waals surface area contributed by atoms with Gasteiger partial charge in [0.05, 0.1) is 16.8 Å². The van der Waals surface area contributed by atoms with E-state index < -0.39 is 29.3 Å². The van der Waals surface area contributed by atoms with Crippen LogP contribution in [0.15, 0.2) is 36.4 Å². The first kappa shape index (κ1) is 15.2. The number of amides is 1. The normalized spacial score (nSPS) is 15.7. The second-order valence-corrected chi connectivity index (χ2v) is 4.92. The van der Waals surface area contributed by atoms with E-state index in [1.807, 2.05) is 0 Å². The summed E-state index contributed by atoms with van der Waals surface area (Å²) in [5, 5.41) is 2.38. The molecule has 0 aliphatic carbocycles. The van der Waals surface area contributed by atoms with Gasteiger partial charge in [-0.05, 0) is 35.9 Å². The predicted octanol–water partition coefficient (Wildman–Crippen LogP) is 4.48. The van der Waals surface area contributed by atoms with E-state index in [2.05, 4.69) is 5.32 Å². The molecule has 118 valence electrons.